The number of carbonyl (C=O) groups is 2. The Labute approximate surface area is 184 Å². The second-order valence-electron chi connectivity index (χ2n) is 6.04. The van der Waals surface area contributed by atoms with Gasteiger partial charge in [-0.25, -0.2) is 4.79 Å². The normalized spacial score (nSPS) is 12.8. The summed E-state index contributed by atoms with van der Waals surface area (Å²) in [6.45, 7) is 3.96. The molecule has 1 aliphatic rings. The molecule has 0 fully saturated rings. The Morgan fingerprint density at radius 1 is 1.22 bits per heavy atom. The van der Waals surface area contributed by atoms with Crippen LogP contribution in [0.15, 0.2) is 11.6 Å². The van der Waals surface area contributed by atoms with Gasteiger partial charge in [-0.3, -0.25) is 10.5 Å². The zero-order valence-corrected chi connectivity index (χ0v) is 19.1. The van der Waals surface area contributed by atoms with Crippen LogP contribution in [0.2, 0.25) is 0 Å². The zero-order valence-electron chi connectivity index (χ0n) is 16.2. The molecule has 0 spiro atoms. The van der Waals surface area contributed by atoms with Crippen LogP contribution >= 0.6 is 0 Å². The monoisotopic (exact) mass is 452 g/mol. The number of ether oxygens (including phenoxy) is 4. The van der Waals surface area contributed by atoms with Crippen molar-refractivity contribution in [2.24, 2.45) is 5.73 Å². The molecule has 0 bridgehead atoms. The fraction of sp³-hybridized carbons (Fsp3) is 0.474. The smallest absolute Gasteiger partial charge is 0.342 e. The molecule has 7 nitrogen and oxygen atoms in total. The van der Waals surface area contributed by atoms with Gasteiger partial charge < -0.3 is 18.9 Å². The number of esters is 2. The van der Waals surface area contributed by atoms with Crippen LogP contribution in [0.1, 0.15) is 46.8 Å². The molecule has 1 aromatic rings. The number of carbonyl (C=O) groups excluding carboxylic acids is 2. The minimum absolute atomic E-state index is 0. The van der Waals surface area contributed by atoms with E-state index in [1.165, 1.54) is 7.11 Å². The molecule has 0 aliphatic carbocycles. The van der Waals surface area contributed by atoms with Crippen LogP contribution < -0.4 is 15.2 Å². The summed E-state index contributed by atoms with van der Waals surface area (Å²) in [6, 6.07) is 0. The maximum atomic E-state index is 12.1. The average Bonchev–Trinajstić information content (AvgIpc) is 3.00. The van der Waals surface area contributed by atoms with Gasteiger partial charge in [0.2, 0.25) is 0 Å². The fourth-order valence-corrected chi connectivity index (χ4v) is 3.08. The Morgan fingerprint density at radius 2 is 1.89 bits per heavy atom. The summed E-state index contributed by atoms with van der Waals surface area (Å²) in [4.78, 5) is 23.5. The number of hydrogen-bond acceptors (Lipinski definition) is 7. The molecule has 2 rings (SSSR count). The van der Waals surface area contributed by atoms with Crippen molar-refractivity contribution in [2.75, 3.05) is 21.0 Å². The van der Waals surface area contributed by atoms with Crippen molar-refractivity contribution in [1.29, 1.82) is 0 Å². The number of cyclic esters (lactones) is 1. The number of fused-ring (bicyclic) bond motifs is 1. The molecule has 0 saturated heterocycles. The molecule has 1 aliphatic heterocycles. The predicted molar refractivity (Wildman–Crippen MR) is 95.2 cm³/mol. The maximum Gasteiger partial charge on any atom is 0.342 e. The Bertz CT molecular complexity index is 744. The van der Waals surface area contributed by atoms with E-state index >= 15 is 0 Å². The van der Waals surface area contributed by atoms with Gasteiger partial charge in [-0.2, -0.15) is 0 Å². The van der Waals surface area contributed by atoms with E-state index in [0.717, 1.165) is 22.3 Å². The third kappa shape index (κ3) is 5.30. The first-order valence-corrected chi connectivity index (χ1v) is 8.39. The molecule has 145 valence electrons. The van der Waals surface area contributed by atoms with Crippen molar-refractivity contribution in [2.45, 2.75) is 39.7 Å². The van der Waals surface area contributed by atoms with Crippen LogP contribution in [-0.2, 0) is 60.0 Å². The van der Waals surface area contributed by atoms with Crippen molar-refractivity contribution < 1.29 is 61.2 Å². The average molecular weight is 452 g/mol. The van der Waals surface area contributed by atoms with Gasteiger partial charge in [0.25, 0.3) is 0 Å². The number of hydrogen-bond donors (Lipinski definition) is 1. The second kappa shape index (κ2) is 10.8. The van der Waals surface area contributed by atoms with Gasteiger partial charge in [-0.15, -0.1) is 0 Å². The van der Waals surface area contributed by atoms with Crippen molar-refractivity contribution >= 4 is 11.9 Å². The van der Waals surface area contributed by atoms with Gasteiger partial charge in [0, 0.05) is 50.3 Å². The van der Waals surface area contributed by atoms with Crippen molar-refractivity contribution in [3.8, 4) is 11.5 Å². The summed E-state index contributed by atoms with van der Waals surface area (Å²) in [5.74, 6) is 0.461. The van der Waals surface area contributed by atoms with Gasteiger partial charge in [-0.1, -0.05) is 11.6 Å². The Balaban J connectivity index is 0.00000364. The fourth-order valence-electron chi connectivity index (χ4n) is 3.08. The maximum absolute atomic E-state index is 12.1. The first kappa shape index (κ1) is 23.6. The molecule has 0 saturated carbocycles. The molecular weight excluding hydrogens is 427 g/mol. The van der Waals surface area contributed by atoms with Gasteiger partial charge in [0.1, 0.15) is 30.4 Å². The van der Waals surface area contributed by atoms with Crippen LogP contribution in [0.25, 0.3) is 0 Å². The predicted octanol–water partition coefficient (Wildman–Crippen LogP) is 2.41. The molecule has 1 aromatic carbocycles. The number of methoxy groups -OCH3 is 2. The Morgan fingerprint density at radius 3 is 2.48 bits per heavy atom. The summed E-state index contributed by atoms with van der Waals surface area (Å²) in [6.07, 6.45) is 3.33. The molecule has 1 radical (unpaired) electrons. The van der Waals surface area contributed by atoms with Gasteiger partial charge >= 0.3 is 11.9 Å². The van der Waals surface area contributed by atoms with Crippen LogP contribution in [0, 0.1) is 6.92 Å². The molecule has 0 unspecified atom stereocenters. The van der Waals surface area contributed by atoms with Gasteiger partial charge in [-0.05, 0) is 32.3 Å². The van der Waals surface area contributed by atoms with Crippen molar-refractivity contribution in [3.05, 3.63) is 33.9 Å². The molecule has 27 heavy (non-hydrogen) atoms. The van der Waals surface area contributed by atoms with Gasteiger partial charge in [0.15, 0.2) is 0 Å². The number of benzene rings is 1. The minimum atomic E-state index is -0.380. The Kier molecular flexibility index (Phi) is 9.43. The van der Waals surface area contributed by atoms with E-state index in [0.29, 0.717) is 29.9 Å². The molecular formula is C19H25NO6Y. The number of rotatable bonds is 8. The van der Waals surface area contributed by atoms with E-state index in [9.17, 15) is 9.59 Å². The summed E-state index contributed by atoms with van der Waals surface area (Å²) < 4.78 is 21.0. The van der Waals surface area contributed by atoms with E-state index in [2.05, 4.69) is 0 Å². The first-order chi connectivity index (χ1) is 12.4. The molecule has 2 N–H and O–H groups in total. The third-order valence-corrected chi connectivity index (χ3v) is 4.45. The van der Waals surface area contributed by atoms with Crippen LogP contribution in [0.4, 0.5) is 0 Å². The van der Waals surface area contributed by atoms with E-state index < -0.39 is 0 Å². The Hall–Kier alpha value is -1.44. The molecule has 1 heterocycles. The summed E-state index contributed by atoms with van der Waals surface area (Å²) in [7, 11) is 3.12. The molecule has 0 atom stereocenters. The summed E-state index contributed by atoms with van der Waals surface area (Å²) >= 11 is 0. The van der Waals surface area contributed by atoms with Crippen molar-refractivity contribution in [3.63, 3.8) is 0 Å². The van der Waals surface area contributed by atoms with E-state index in [1.54, 1.807) is 7.11 Å². The SMILES string of the molecule is COc1c(C)c2c(c(OC)c1C/C=C(\C)CCC(=O)OCN)C(=O)OC2.[Y]. The molecule has 0 aromatic heterocycles. The number of allylic oxidation sites excluding steroid dienone is 2. The molecule has 0 amide bonds. The van der Waals surface area contributed by atoms with Crippen LogP contribution in [0.5, 0.6) is 11.5 Å². The third-order valence-electron chi connectivity index (χ3n) is 4.45. The largest absolute Gasteiger partial charge is 0.496 e. The zero-order chi connectivity index (χ0) is 19.3. The van der Waals surface area contributed by atoms with E-state index in [-0.39, 0.29) is 64.4 Å². The van der Waals surface area contributed by atoms with Crippen LogP contribution in [-0.4, -0.2) is 32.9 Å². The van der Waals surface area contributed by atoms with E-state index in [4.69, 9.17) is 24.7 Å². The minimum Gasteiger partial charge on any atom is -0.496 e. The van der Waals surface area contributed by atoms with Crippen molar-refractivity contribution in [1.82, 2.24) is 0 Å². The quantitative estimate of drug-likeness (QED) is 0.368. The van der Waals surface area contributed by atoms with E-state index in [1.807, 2.05) is 19.9 Å². The summed E-state index contributed by atoms with van der Waals surface area (Å²) in [5.41, 5.74) is 9.14. The van der Waals surface area contributed by atoms with Gasteiger partial charge in [0.05, 0.1) is 14.2 Å². The number of nitrogens with two attached hydrogens (primary N) is 1. The molecule has 8 heteroatoms. The summed E-state index contributed by atoms with van der Waals surface area (Å²) in [5, 5.41) is 0. The standard InChI is InChI=1S/C19H25NO6.Y/c1-11(6-8-15(21)26-10-20)5-7-13-17(23-3)12(2)14-9-25-19(22)16(14)18(13)24-4;/h5H,6-10,20H2,1-4H3;/b11-5+;. The first-order valence-electron chi connectivity index (χ1n) is 8.39. The van der Waals surface area contributed by atoms with Crippen LogP contribution in [0.3, 0.4) is 0 Å². The topological polar surface area (TPSA) is 97.1 Å². The second-order valence-corrected chi connectivity index (χ2v) is 6.04.